The van der Waals surface area contributed by atoms with Gasteiger partial charge in [0.2, 0.25) is 0 Å². The monoisotopic (exact) mass is 269 g/mol. The maximum absolute atomic E-state index is 5.52. The van der Waals surface area contributed by atoms with E-state index >= 15 is 0 Å². The summed E-state index contributed by atoms with van der Waals surface area (Å²) in [5.74, 6) is 0. The van der Waals surface area contributed by atoms with E-state index in [1.165, 1.54) is 5.69 Å². The summed E-state index contributed by atoms with van der Waals surface area (Å²) < 4.78 is 6.64. The highest BCUT2D eigenvalue weighted by molar-refractivity contribution is 9.10. The van der Waals surface area contributed by atoms with Crippen molar-refractivity contribution in [2.75, 3.05) is 11.9 Å². The molecule has 0 saturated carbocycles. The zero-order chi connectivity index (χ0) is 10.7. The first kappa shape index (κ1) is 11.0. The van der Waals surface area contributed by atoms with Gasteiger partial charge in [-0.3, -0.25) is 0 Å². The zero-order valence-electron chi connectivity index (χ0n) is 8.87. The van der Waals surface area contributed by atoms with Crippen LogP contribution in [-0.4, -0.2) is 18.8 Å². The van der Waals surface area contributed by atoms with Crippen molar-refractivity contribution >= 4 is 21.6 Å². The average Bonchev–Trinajstić information content (AvgIpc) is 2.17. The third-order valence-electron chi connectivity index (χ3n) is 2.68. The summed E-state index contributed by atoms with van der Waals surface area (Å²) >= 11 is 3.47. The molecule has 3 heteroatoms. The van der Waals surface area contributed by atoms with Crippen LogP contribution in [0.3, 0.4) is 0 Å². The Morgan fingerprint density at radius 2 is 2.33 bits per heavy atom. The first-order chi connectivity index (χ1) is 7.24. The van der Waals surface area contributed by atoms with Crippen LogP contribution in [-0.2, 0) is 4.74 Å². The minimum atomic E-state index is 0.378. The molecule has 1 aromatic carbocycles. The van der Waals surface area contributed by atoms with Gasteiger partial charge in [0.05, 0.1) is 6.10 Å². The van der Waals surface area contributed by atoms with E-state index in [4.69, 9.17) is 4.74 Å². The van der Waals surface area contributed by atoms with Crippen LogP contribution in [0.1, 0.15) is 19.8 Å². The largest absolute Gasteiger partial charge is 0.382 e. The number of benzene rings is 1. The predicted octanol–water partition coefficient (Wildman–Crippen LogP) is 3.43. The highest BCUT2D eigenvalue weighted by Crippen LogP contribution is 2.21. The Kier molecular flexibility index (Phi) is 3.65. The SMILES string of the molecule is CC1CC(Nc2cccc(Br)c2)CCO1. The normalized spacial score (nSPS) is 26.3. The van der Waals surface area contributed by atoms with Crippen LogP contribution in [0.25, 0.3) is 0 Å². The maximum Gasteiger partial charge on any atom is 0.0566 e. The van der Waals surface area contributed by atoms with Crippen molar-refractivity contribution in [2.24, 2.45) is 0 Å². The first-order valence-corrected chi connectivity index (χ1v) is 6.17. The Labute approximate surface area is 99.1 Å². The topological polar surface area (TPSA) is 21.3 Å². The van der Waals surface area contributed by atoms with Crippen molar-refractivity contribution in [3.05, 3.63) is 28.7 Å². The van der Waals surface area contributed by atoms with Crippen molar-refractivity contribution in [1.29, 1.82) is 0 Å². The fourth-order valence-electron chi connectivity index (χ4n) is 1.94. The van der Waals surface area contributed by atoms with Gasteiger partial charge in [-0.2, -0.15) is 0 Å². The summed E-state index contributed by atoms with van der Waals surface area (Å²) in [6.07, 6.45) is 2.56. The standard InChI is InChI=1S/C12H16BrNO/c1-9-7-12(5-6-15-9)14-11-4-2-3-10(13)8-11/h2-4,8-9,12,14H,5-7H2,1H3. The van der Waals surface area contributed by atoms with Crippen molar-refractivity contribution in [3.8, 4) is 0 Å². The number of halogens is 1. The molecule has 1 aliphatic rings. The molecule has 1 aliphatic heterocycles. The molecule has 0 spiro atoms. The molecule has 0 amide bonds. The lowest BCUT2D eigenvalue weighted by molar-refractivity contribution is 0.0232. The Balaban J connectivity index is 1.96. The van der Waals surface area contributed by atoms with Crippen LogP contribution in [0.5, 0.6) is 0 Å². The van der Waals surface area contributed by atoms with Gasteiger partial charge < -0.3 is 10.1 Å². The van der Waals surface area contributed by atoms with E-state index in [0.29, 0.717) is 12.1 Å². The Morgan fingerprint density at radius 1 is 1.47 bits per heavy atom. The predicted molar refractivity (Wildman–Crippen MR) is 66.2 cm³/mol. The summed E-state index contributed by atoms with van der Waals surface area (Å²) in [4.78, 5) is 0. The number of hydrogen-bond acceptors (Lipinski definition) is 2. The van der Waals surface area contributed by atoms with Gasteiger partial charge in [0.15, 0.2) is 0 Å². The van der Waals surface area contributed by atoms with Gasteiger partial charge >= 0.3 is 0 Å². The fourth-order valence-corrected chi connectivity index (χ4v) is 2.34. The molecule has 82 valence electrons. The molecule has 1 heterocycles. The Morgan fingerprint density at radius 3 is 3.07 bits per heavy atom. The van der Waals surface area contributed by atoms with Gasteiger partial charge in [-0.05, 0) is 38.0 Å². The molecule has 2 nitrogen and oxygen atoms in total. The summed E-state index contributed by atoms with van der Waals surface area (Å²) in [6, 6.07) is 8.85. The van der Waals surface area contributed by atoms with E-state index in [2.05, 4.69) is 46.4 Å². The maximum atomic E-state index is 5.52. The van der Waals surface area contributed by atoms with E-state index in [1.54, 1.807) is 0 Å². The molecule has 1 saturated heterocycles. The average molecular weight is 270 g/mol. The Hall–Kier alpha value is -0.540. The molecule has 2 rings (SSSR count). The third-order valence-corrected chi connectivity index (χ3v) is 3.17. The number of anilines is 1. The molecule has 1 aromatic rings. The highest BCUT2D eigenvalue weighted by atomic mass is 79.9. The molecular weight excluding hydrogens is 254 g/mol. The van der Waals surface area contributed by atoms with E-state index in [-0.39, 0.29) is 0 Å². The summed E-state index contributed by atoms with van der Waals surface area (Å²) in [6.45, 7) is 3.00. The summed E-state index contributed by atoms with van der Waals surface area (Å²) in [5.41, 5.74) is 1.18. The number of nitrogens with one attached hydrogen (secondary N) is 1. The van der Waals surface area contributed by atoms with Gasteiger partial charge in [-0.1, -0.05) is 22.0 Å². The van der Waals surface area contributed by atoms with E-state index in [1.807, 2.05) is 6.07 Å². The van der Waals surface area contributed by atoms with E-state index < -0.39 is 0 Å². The van der Waals surface area contributed by atoms with Crippen LogP contribution >= 0.6 is 15.9 Å². The molecule has 0 radical (unpaired) electrons. The molecule has 0 aliphatic carbocycles. The molecule has 0 bridgehead atoms. The molecule has 1 fully saturated rings. The van der Waals surface area contributed by atoms with Crippen LogP contribution in [0.4, 0.5) is 5.69 Å². The molecule has 2 unspecified atom stereocenters. The highest BCUT2D eigenvalue weighted by Gasteiger charge is 2.18. The molecule has 1 N–H and O–H groups in total. The van der Waals surface area contributed by atoms with E-state index in [0.717, 1.165) is 23.9 Å². The second-order valence-electron chi connectivity index (χ2n) is 4.06. The summed E-state index contributed by atoms with van der Waals surface area (Å²) in [7, 11) is 0. The number of rotatable bonds is 2. The van der Waals surface area contributed by atoms with Gasteiger partial charge in [-0.15, -0.1) is 0 Å². The van der Waals surface area contributed by atoms with E-state index in [9.17, 15) is 0 Å². The van der Waals surface area contributed by atoms with Crippen molar-refractivity contribution in [1.82, 2.24) is 0 Å². The lowest BCUT2D eigenvalue weighted by atomic mass is 10.0. The van der Waals surface area contributed by atoms with Gasteiger partial charge in [0.25, 0.3) is 0 Å². The molecule has 0 aromatic heterocycles. The second kappa shape index (κ2) is 4.99. The minimum Gasteiger partial charge on any atom is -0.382 e. The van der Waals surface area contributed by atoms with Crippen LogP contribution in [0.2, 0.25) is 0 Å². The molecule has 2 atom stereocenters. The van der Waals surface area contributed by atoms with Crippen molar-refractivity contribution in [3.63, 3.8) is 0 Å². The lowest BCUT2D eigenvalue weighted by Gasteiger charge is -2.28. The fraction of sp³-hybridized carbons (Fsp3) is 0.500. The van der Waals surface area contributed by atoms with Gasteiger partial charge in [0, 0.05) is 22.8 Å². The zero-order valence-corrected chi connectivity index (χ0v) is 10.5. The number of ether oxygens (including phenoxy) is 1. The lowest BCUT2D eigenvalue weighted by Crippen LogP contribution is -2.32. The summed E-state index contributed by atoms with van der Waals surface area (Å²) in [5, 5.41) is 3.54. The van der Waals surface area contributed by atoms with Crippen LogP contribution in [0.15, 0.2) is 28.7 Å². The molecule has 15 heavy (non-hydrogen) atoms. The second-order valence-corrected chi connectivity index (χ2v) is 4.97. The number of hydrogen-bond donors (Lipinski definition) is 1. The smallest absolute Gasteiger partial charge is 0.0566 e. The first-order valence-electron chi connectivity index (χ1n) is 5.38. The molecular formula is C12H16BrNO. The van der Waals surface area contributed by atoms with Crippen LogP contribution < -0.4 is 5.32 Å². The Bertz CT molecular complexity index is 329. The minimum absolute atomic E-state index is 0.378. The van der Waals surface area contributed by atoms with Gasteiger partial charge in [-0.25, -0.2) is 0 Å². The van der Waals surface area contributed by atoms with Crippen molar-refractivity contribution < 1.29 is 4.74 Å². The van der Waals surface area contributed by atoms with Crippen LogP contribution in [0, 0.1) is 0 Å². The van der Waals surface area contributed by atoms with Crippen molar-refractivity contribution in [2.45, 2.75) is 31.9 Å². The van der Waals surface area contributed by atoms with Gasteiger partial charge in [0.1, 0.15) is 0 Å². The third kappa shape index (κ3) is 3.21. The quantitative estimate of drug-likeness (QED) is 0.889.